The second kappa shape index (κ2) is 11.1. The van der Waals surface area contributed by atoms with Gasteiger partial charge in [-0.3, -0.25) is 0 Å². The largest absolute Gasteiger partial charge is 0.492 e. The molecule has 0 aliphatic carbocycles. The number of carbonyl (C=O) groups is 1. The number of esters is 1. The molecule has 0 bridgehead atoms. The summed E-state index contributed by atoms with van der Waals surface area (Å²) in [6.45, 7) is 9.48. The molecule has 0 fully saturated rings. The van der Waals surface area contributed by atoms with Crippen LogP contribution in [0.1, 0.15) is 75.7 Å². The first-order valence-corrected chi connectivity index (χ1v) is 9.01. The van der Waals surface area contributed by atoms with E-state index in [9.17, 15) is 4.79 Å². The van der Waals surface area contributed by atoms with Gasteiger partial charge in [-0.15, -0.1) is 0 Å². The number of para-hydroxylation sites is 1. The van der Waals surface area contributed by atoms with Crippen LogP contribution in [0.5, 0.6) is 5.75 Å². The van der Waals surface area contributed by atoms with E-state index in [0.717, 1.165) is 37.0 Å². The molecule has 130 valence electrons. The minimum Gasteiger partial charge on any atom is -0.492 e. The van der Waals surface area contributed by atoms with Crippen molar-refractivity contribution >= 4 is 5.97 Å². The first-order valence-electron chi connectivity index (χ1n) is 9.01. The van der Waals surface area contributed by atoms with Gasteiger partial charge in [0.25, 0.3) is 0 Å². The number of unbranched alkanes of at least 4 members (excludes halogenated alkanes) is 3. The van der Waals surface area contributed by atoms with Gasteiger partial charge in [0.2, 0.25) is 0 Å². The maximum Gasteiger partial charge on any atom is 0.341 e. The lowest BCUT2D eigenvalue weighted by Crippen LogP contribution is -2.13. The highest BCUT2D eigenvalue weighted by atomic mass is 16.5. The zero-order valence-electron chi connectivity index (χ0n) is 15.2. The van der Waals surface area contributed by atoms with E-state index in [0.29, 0.717) is 24.7 Å². The van der Waals surface area contributed by atoms with Crippen molar-refractivity contribution in [2.45, 2.75) is 66.2 Å². The predicted octanol–water partition coefficient (Wildman–Crippen LogP) is 5.41. The van der Waals surface area contributed by atoms with E-state index in [1.54, 1.807) is 0 Å². The molecule has 1 aromatic rings. The Kier molecular flexibility index (Phi) is 9.42. The van der Waals surface area contributed by atoms with Gasteiger partial charge in [-0.05, 0) is 36.8 Å². The molecule has 0 aliphatic rings. The molecule has 0 saturated heterocycles. The van der Waals surface area contributed by atoms with Crippen LogP contribution in [0.25, 0.3) is 0 Å². The smallest absolute Gasteiger partial charge is 0.341 e. The molecule has 0 aromatic heterocycles. The van der Waals surface area contributed by atoms with Gasteiger partial charge >= 0.3 is 5.97 Å². The molecule has 0 saturated carbocycles. The van der Waals surface area contributed by atoms with Gasteiger partial charge in [0.05, 0.1) is 13.2 Å². The Labute approximate surface area is 141 Å². The number of ether oxygens (including phenoxy) is 2. The summed E-state index contributed by atoms with van der Waals surface area (Å²) in [6.07, 6.45) is 6.50. The molecule has 3 heteroatoms. The van der Waals surface area contributed by atoms with E-state index in [2.05, 4.69) is 19.9 Å². The second-order valence-electron chi connectivity index (χ2n) is 6.45. The van der Waals surface area contributed by atoms with Crippen molar-refractivity contribution in [1.29, 1.82) is 0 Å². The van der Waals surface area contributed by atoms with Crippen LogP contribution in [0.3, 0.4) is 0 Å². The lowest BCUT2D eigenvalue weighted by molar-refractivity contribution is 0.0454. The molecule has 0 unspecified atom stereocenters. The molecule has 3 nitrogen and oxygen atoms in total. The summed E-state index contributed by atoms with van der Waals surface area (Å²) in [7, 11) is 0. The van der Waals surface area contributed by atoms with Gasteiger partial charge < -0.3 is 9.47 Å². The Morgan fingerprint density at radius 1 is 1.09 bits per heavy atom. The Bertz CT molecular complexity index is 466. The Hall–Kier alpha value is -1.51. The highest BCUT2D eigenvalue weighted by Crippen LogP contribution is 2.27. The van der Waals surface area contributed by atoms with Gasteiger partial charge in [0.1, 0.15) is 11.3 Å². The molecule has 0 heterocycles. The fourth-order valence-corrected chi connectivity index (χ4v) is 2.32. The minimum absolute atomic E-state index is 0.275. The third-order valence-electron chi connectivity index (χ3n) is 3.66. The lowest BCUT2D eigenvalue weighted by atomic mass is 10.0. The second-order valence-corrected chi connectivity index (χ2v) is 6.45. The van der Waals surface area contributed by atoms with E-state index in [4.69, 9.17) is 9.47 Å². The predicted molar refractivity (Wildman–Crippen MR) is 95.2 cm³/mol. The van der Waals surface area contributed by atoms with Gasteiger partial charge in [0.15, 0.2) is 0 Å². The van der Waals surface area contributed by atoms with Crippen molar-refractivity contribution in [3.05, 3.63) is 29.3 Å². The molecule has 0 N–H and O–H groups in total. The maximum atomic E-state index is 12.4. The Morgan fingerprint density at radius 2 is 1.83 bits per heavy atom. The van der Waals surface area contributed by atoms with Crippen LogP contribution in [-0.2, 0) is 11.2 Å². The van der Waals surface area contributed by atoms with Crippen molar-refractivity contribution in [3.63, 3.8) is 0 Å². The molecule has 0 spiro atoms. The van der Waals surface area contributed by atoms with Crippen molar-refractivity contribution in [3.8, 4) is 5.75 Å². The Morgan fingerprint density at radius 3 is 2.48 bits per heavy atom. The van der Waals surface area contributed by atoms with Crippen molar-refractivity contribution < 1.29 is 14.3 Å². The molecule has 0 aliphatic heterocycles. The van der Waals surface area contributed by atoms with Crippen molar-refractivity contribution in [2.75, 3.05) is 13.2 Å². The molecule has 0 atom stereocenters. The quantitative estimate of drug-likeness (QED) is 0.404. The molecular formula is C20H32O3. The zero-order valence-corrected chi connectivity index (χ0v) is 15.2. The summed E-state index contributed by atoms with van der Waals surface area (Å²) in [5.74, 6) is 0.782. The third-order valence-corrected chi connectivity index (χ3v) is 3.66. The highest BCUT2D eigenvalue weighted by molar-refractivity contribution is 5.93. The molecule has 0 amide bonds. The van der Waals surface area contributed by atoms with Gasteiger partial charge in [-0.1, -0.05) is 59.1 Å². The number of hydrogen-bond acceptors (Lipinski definition) is 3. The van der Waals surface area contributed by atoms with Gasteiger partial charge in [-0.2, -0.15) is 0 Å². The Balaban J connectivity index is 2.91. The number of carbonyl (C=O) groups excluding carboxylic acids is 1. The lowest BCUT2D eigenvalue weighted by Gasteiger charge is -2.16. The zero-order chi connectivity index (χ0) is 17.1. The highest BCUT2D eigenvalue weighted by Gasteiger charge is 2.18. The monoisotopic (exact) mass is 320 g/mol. The summed E-state index contributed by atoms with van der Waals surface area (Å²) in [5, 5.41) is 0. The number of benzene rings is 1. The fraction of sp³-hybridized carbons (Fsp3) is 0.650. The van der Waals surface area contributed by atoms with E-state index < -0.39 is 0 Å². The van der Waals surface area contributed by atoms with Crippen LogP contribution in [0.2, 0.25) is 0 Å². The van der Waals surface area contributed by atoms with Crippen LogP contribution in [-0.4, -0.2) is 19.2 Å². The van der Waals surface area contributed by atoms with Crippen LogP contribution < -0.4 is 4.74 Å². The van der Waals surface area contributed by atoms with Crippen LogP contribution >= 0.6 is 0 Å². The number of rotatable bonds is 11. The van der Waals surface area contributed by atoms with E-state index in [-0.39, 0.29) is 5.97 Å². The average Bonchev–Trinajstić information content (AvgIpc) is 2.54. The minimum atomic E-state index is -0.275. The standard InChI is InChI=1S/C20H32O3/c1-5-7-9-11-17-12-10-13-18(19(17)22-14-8-6-2)20(21)23-15-16(3)4/h10,12-13,16H,5-9,11,14-15H2,1-4H3. The third kappa shape index (κ3) is 7.06. The summed E-state index contributed by atoms with van der Waals surface area (Å²) < 4.78 is 11.4. The van der Waals surface area contributed by atoms with E-state index in [1.165, 1.54) is 12.8 Å². The summed E-state index contributed by atoms with van der Waals surface area (Å²) in [6, 6.07) is 5.81. The molecular weight excluding hydrogens is 288 g/mol. The average molecular weight is 320 g/mol. The van der Waals surface area contributed by atoms with Gasteiger partial charge in [0, 0.05) is 0 Å². The molecule has 23 heavy (non-hydrogen) atoms. The number of aryl methyl sites for hydroxylation is 1. The topological polar surface area (TPSA) is 35.5 Å². The van der Waals surface area contributed by atoms with Gasteiger partial charge in [-0.25, -0.2) is 4.79 Å². The maximum absolute atomic E-state index is 12.4. The van der Waals surface area contributed by atoms with Crippen LogP contribution in [0, 0.1) is 5.92 Å². The fourth-order valence-electron chi connectivity index (χ4n) is 2.32. The van der Waals surface area contributed by atoms with Crippen LogP contribution in [0.15, 0.2) is 18.2 Å². The number of hydrogen-bond donors (Lipinski definition) is 0. The van der Waals surface area contributed by atoms with Crippen molar-refractivity contribution in [1.82, 2.24) is 0 Å². The summed E-state index contributed by atoms with van der Waals surface area (Å²) in [5.41, 5.74) is 1.68. The molecule has 1 aromatic carbocycles. The summed E-state index contributed by atoms with van der Waals surface area (Å²) >= 11 is 0. The van der Waals surface area contributed by atoms with Crippen molar-refractivity contribution in [2.24, 2.45) is 5.92 Å². The van der Waals surface area contributed by atoms with Crippen LogP contribution in [0.4, 0.5) is 0 Å². The molecule has 0 radical (unpaired) electrons. The first kappa shape index (κ1) is 19.5. The van der Waals surface area contributed by atoms with E-state index >= 15 is 0 Å². The van der Waals surface area contributed by atoms with E-state index in [1.807, 2.05) is 26.0 Å². The summed E-state index contributed by atoms with van der Waals surface area (Å²) in [4.78, 5) is 12.4. The normalized spacial score (nSPS) is 10.8. The SMILES string of the molecule is CCCCCc1cccc(C(=O)OCC(C)C)c1OCCCC. The first-order chi connectivity index (χ1) is 11.1. The molecule has 1 rings (SSSR count).